The van der Waals surface area contributed by atoms with E-state index in [0.29, 0.717) is 45.5 Å². The van der Waals surface area contributed by atoms with Crippen LogP contribution in [0.3, 0.4) is 0 Å². The highest BCUT2D eigenvalue weighted by molar-refractivity contribution is 6.31. The van der Waals surface area contributed by atoms with Crippen molar-refractivity contribution in [1.29, 1.82) is 0 Å². The normalized spacial score (nSPS) is 10.4. The van der Waals surface area contributed by atoms with Crippen LogP contribution in [0, 0.1) is 13.8 Å². The number of amides is 1. The minimum atomic E-state index is -0.473. The minimum Gasteiger partial charge on any atom is -0.495 e. The van der Waals surface area contributed by atoms with E-state index in [-0.39, 0.29) is 12.5 Å². The SMILES string of the molecule is C=CCn1c(C)c(C(=O)Nc2cc(Cl)ccc2OC)c(C)c1C(=O)OCC. The maximum Gasteiger partial charge on any atom is 0.355 e. The van der Waals surface area contributed by atoms with Gasteiger partial charge in [0, 0.05) is 17.3 Å². The molecular weight excluding hydrogens is 368 g/mol. The number of esters is 1. The second-order valence-electron chi connectivity index (χ2n) is 5.85. The second kappa shape index (κ2) is 8.77. The Kier molecular flexibility index (Phi) is 6.69. The Morgan fingerprint density at radius 2 is 2.04 bits per heavy atom. The predicted octanol–water partition coefficient (Wildman–Crippen LogP) is 4.38. The number of anilines is 1. The molecule has 1 aromatic heterocycles. The average molecular weight is 391 g/mol. The van der Waals surface area contributed by atoms with Crippen molar-refractivity contribution in [3.05, 3.63) is 58.4 Å². The van der Waals surface area contributed by atoms with E-state index in [9.17, 15) is 9.59 Å². The van der Waals surface area contributed by atoms with Gasteiger partial charge in [-0.15, -0.1) is 6.58 Å². The van der Waals surface area contributed by atoms with Crippen LogP contribution in [-0.2, 0) is 11.3 Å². The third kappa shape index (κ3) is 4.17. The zero-order chi connectivity index (χ0) is 20.1. The lowest BCUT2D eigenvalue weighted by Gasteiger charge is -2.11. The number of hydrogen-bond acceptors (Lipinski definition) is 4. The molecule has 1 aromatic carbocycles. The van der Waals surface area contributed by atoms with E-state index in [4.69, 9.17) is 21.1 Å². The summed E-state index contributed by atoms with van der Waals surface area (Å²) in [6.07, 6.45) is 1.66. The molecule has 0 spiro atoms. The summed E-state index contributed by atoms with van der Waals surface area (Å²) in [5, 5.41) is 3.28. The lowest BCUT2D eigenvalue weighted by Crippen LogP contribution is -2.15. The fraction of sp³-hybridized carbons (Fsp3) is 0.300. The highest BCUT2D eigenvalue weighted by Gasteiger charge is 2.27. The summed E-state index contributed by atoms with van der Waals surface area (Å²) in [6, 6.07) is 4.95. The molecule has 2 aromatic rings. The number of methoxy groups -OCH3 is 1. The molecule has 0 aliphatic heterocycles. The zero-order valence-electron chi connectivity index (χ0n) is 15.9. The number of rotatable bonds is 7. The molecular formula is C20H23ClN2O4. The van der Waals surface area contributed by atoms with Gasteiger partial charge in [0.05, 0.1) is 25.0 Å². The van der Waals surface area contributed by atoms with Crippen LogP contribution in [0.4, 0.5) is 5.69 Å². The largest absolute Gasteiger partial charge is 0.495 e. The smallest absolute Gasteiger partial charge is 0.355 e. The number of nitrogens with zero attached hydrogens (tertiary/aromatic N) is 1. The Hall–Kier alpha value is -2.73. The Bertz CT molecular complexity index is 887. The van der Waals surface area contributed by atoms with Crippen molar-refractivity contribution >= 4 is 29.2 Å². The van der Waals surface area contributed by atoms with Crippen molar-refractivity contribution < 1.29 is 19.1 Å². The molecule has 1 amide bonds. The standard InChI is InChI=1S/C20H23ClN2O4/c1-6-10-23-13(4)17(12(3)18(23)20(25)27-7-2)19(24)22-15-11-14(21)8-9-16(15)26-5/h6,8-9,11H,1,7,10H2,2-5H3,(H,22,24). The van der Waals surface area contributed by atoms with Crippen LogP contribution in [-0.4, -0.2) is 30.2 Å². The lowest BCUT2D eigenvalue weighted by molar-refractivity contribution is 0.0513. The number of benzene rings is 1. The van der Waals surface area contributed by atoms with Crippen LogP contribution in [0.5, 0.6) is 5.75 Å². The second-order valence-corrected chi connectivity index (χ2v) is 6.29. The van der Waals surface area contributed by atoms with Gasteiger partial charge in [0.2, 0.25) is 0 Å². The Balaban J connectivity index is 2.50. The predicted molar refractivity (Wildman–Crippen MR) is 106 cm³/mol. The summed E-state index contributed by atoms with van der Waals surface area (Å²) in [5.41, 5.74) is 2.39. The molecule has 0 unspecified atom stereocenters. The van der Waals surface area contributed by atoms with E-state index in [2.05, 4.69) is 11.9 Å². The molecule has 1 heterocycles. The van der Waals surface area contributed by atoms with Crippen LogP contribution >= 0.6 is 11.6 Å². The van der Waals surface area contributed by atoms with Gasteiger partial charge >= 0.3 is 5.97 Å². The Labute approximate surface area is 163 Å². The molecule has 6 nitrogen and oxygen atoms in total. The van der Waals surface area contributed by atoms with Gasteiger partial charge in [-0.2, -0.15) is 0 Å². The number of aromatic nitrogens is 1. The summed E-state index contributed by atoms with van der Waals surface area (Å²) in [7, 11) is 1.51. The highest BCUT2D eigenvalue weighted by Crippen LogP contribution is 2.30. The lowest BCUT2D eigenvalue weighted by atomic mass is 10.1. The molecule has 144 valence electrons. The molecule has 2 rings (SSSR count). The van der Waals surface area contributed by atoms with Gasteiger partial charge in [-0.3, -0.25) is 4.79 Å². The summed E-state index contributed by atoms with van der Waals surface area (Å²) in [4.78, 5) is 25.4. The number of carbonyl (C=O) groups is 2. The van der Waals surface area contributed by atoms with Crippen molar-refractivity contribution in [1.82, 2.24) is 4.57 Å². The summed E-state index contributed by atoms with van der Waals surface area (Å²) >= 11 is 6.03. The molecule has 0 aliphatic rings. The van der Waals surface area contributed by atoms with Crippen molar-refractivity contribution in [2.75, 3.05) is 19.0 Å². The molecule has 0 saturated heterocycles. The number of hydrogen-bond donors (Lipinski definition) is 1. The van der Waals surface area contributed by atoms with Crippen LogP contribution < -0.4 is 10.1 Å². The van der Waals surface area contributed by atoms with Gasteiger partial charge in [0.1, 0.15) is 11.4 Å². The topological polar surface area (TPSA) is 69.6 Å². The number of halogens is 1. The first kappa shape index (κ1) is 20.6. The monoisotopic (exact) mass is 390 g/mol. The third-order valence-corrected chi connectivity index (χ3v) is 4.42. The molecule has 0 bridgehead atoms. The van der Waals surface area contributed by atoms with Crippen molar-refractivity contribution in [2.45, 2.75) is 27.3 Å². The Morgan fingerprint density at radius 1 is 1.33 bits per heavy atom. The molecule has 27 heavy (non-hydrogen) atoms. The van der Waals surface area contributed by atoms with Crippen LogP contribution in [0.1, 0.15) is 39.0 Å². The van der Waals surface area contributed by atoms with Crippen LogP contribution in [0.2, 0.25) is 5.02 Å². The third-order valence-electron chi connectivity index (χ3n) is 4.18. The quantitative estimate of drug-likeness (QED) is 0.562. The van der Waals surface area contributed by atoms with E-state index >= 15 is 0 Å². The number of carbonyl (C=O) groups excluding carboxylic acids is 2. The van der Waals surface area contributed by atoms with E-state index in [1.165, 1.54) is 7.11 Å². The van der Waals surface area contributed by atoms with E-state index in [1.54, 1.807) is 49.6 Å². The maximum absolute atomic E-state index is 13.0. The average Bonchev–Trinajstić information content (AvgIpc) is 2.86. The van der Waals surface area contributed by atoms with E-state index in [1.807, 2.05) is 0 Å². The van der Waals surface area contributed by atoms with Crippen molar-refractivity contribution in [3.63, 3.8) is 0 Å². The number of allylic oxidation sites excluding steroid dienone is 1. The molecule has 0 saturated carbocycles. The van der Waals surface area contributed by atoms with Crippen molar-refractivity contribution in [2.24, 2.45) is 0 Å². The summed E-state index contributed by atoms with van der Waals surface area (Å²) in [5.74, 6) is -0.350. The van der Waals surface area contributed by atoms with Crippen molar-refractivity contribution in [3.8, 4) is 5.75 Å². The van der Waals surface area contributed by atoms with Gasteiger partial charge in [0.15, 0.2) is 0 Å². The van der Waals surface area contributed by atoms with Crippen LogP contribution in [0.15, 0.2) is 30.9 Å². The first-order chi connectivity index (χ1) is 12.8. The molecule has 0 aliphatic carbocycles. The van der Waals surface area contributed by atoms with Gasteiger partial charge in [-0.25, -0.2) is 4.79 Å². The first-order valence-electron chi connectivity index (χ1n) is 8.48. The van der Waals surface area contributed by atoms with Gasteiger partial charge < -0.3 is 19.4 Å². The summed E-state index contributed by atoms with van der Waals surface area (Å²) in [6.45, 7) is 9.60. The van der Waals surface area contributed by atoms with Crippen LogP contribution in [0.25, 0.3) is 0 Å². The molecule has 0 fully saturated rings. The van der Waals surface area contributed by atoms with Gasteiger partial charge in [0.25, 0.3) is 5.91 Å². The molecule has 0 radical (unpaired) electrons. The molecule has 0 atom stereocenters. The summed E-state index contributed by atoms with van der Waals surface area (Å²) < 4.78 is 12.1. The Morgan fingerprint density at radius 3 is 2.63 bits per heavy atom. The van der Waals surface area contributed by atoms with E-state index < -0.39 is 5.97 Å². The number of ether oxygens (including phenoxy) is 2. The van der Waals surface area contributed by atoms with E-state index in [0.717, 1.165) is 0 Å². The number of nitrogens with one attached hydrogen (secondary N) is 1. The zero-order valence-corrected chi connectivity index (χ0v) is 16.6. The fourth-order valence-corrected chi connectivity index (χ4v) is 3.18. The molecule has 7 heteroatoms. The highest BCUT2D eigenvalue weighted by atomic mass is 35.5. The minimum absolute atomic E-state index is 0.248. The molecule has 1 N–H and O–H groups in total. The first-order valence-corrected chi connectivity index (χ1v) is 8.86. The maximum atomic E-state index is 13.0. The van der Waals surface area contributed by atoms with Gasteiger partial charge in [-0.1, -0.05) is 17.7 Å². The van der Waals surface area contributed by atoms with Gasteiger partial charge in [-0.05, 0) is 44.5 Å². The fourth-order valence-electron chi connectivity index (χ4n) is 3.01.